The summed E-state index contributed by atoms with van der Waals surface area (Å²) in [6, 6.07) is 19.4. The molecule has 0 bridgehead atoms. The molecule has 1 aliphatic rings. The second-order valence-corrected chi connectivity index (χ2v) is 6.96. The number of rotatable bonds is 3. The maximum absolute atomic E-state index is 13.0. The molecule has 0 spiro atoms. The number of carbonyl (C=O) groups excluding carboxylic acids is 2. The molecule has 2 aromatic carbocycles. The predicted octanol–water partition coefficient (Wildman–Crippen LogP) is 3.91. The Labute approximate surface area is 152 Å². The summed E-state index contributed by atoms with van der Waals surface area (Å²) in [5.41, 5.74) is 3.03. The molecule has 4 heteroatoms. The first-order chi connectivity index (χ1) is 12.5. The minimum atomic E-state index is -0.350. The molecule has 0 aliphatic carbocycles. The largest absolute Gasteiger partial charge is 0.274 e. The molecule has 1 fully saturated rings. The summed E-state index contributed by atoms with van der Waals surface area (Å²) < 4.78 is 0. The Morgan fingerprint density at radius 1 is 0.923 bits per heavy atom. The number of hydrogen-bond donors (Lipinski definition) is 0. The molecule has 0 unspecified atom stereocenters. The molecule has 2 atom stereocenters. The molecule has 0 saturated carbocycles. The first-order valence-electron chi connectivity index (χ1n) is 8.84. The van der Waals surface area contributed by atoms with Gasteiger partial charge in [-0.15, -0.1) is 0 Å². The number of anilines is 1. The zero-order chi connectivity index (χ0) is 18.3. The third kappa shape index (κ3) is 2.77. The molecule has 2 amide bonds. The van der Waals surface area contributed by atoms with Crippen molar-refractivity contribution in [3.05, 3.63) is 71.8 Å². The van der Waals surface area contributed by atoms with Crippen LogP contribution < -0.4 is 4.90 Å². The smallest absolute Gasteiger partial charge is 0.239 e. The zero-order valence-electron chi connectivity index (χ0n) is 14.8. The van der Waals surface area contributed by atoms with Crippen LogP contribution in [0.25, 0.3) is 10.9 Å². The standard InChI is InChI=1S/C22H20N2O2/c1-14-7-9-16(10-8-14)13-18-15(2)21(25)24(22(18)26)20-12-11-17-5-3-4-6-19(17)23-20/h3-12,15,18H,13H2,1-2H3/t15-,18+/m0/s1. The van der Waals surface area contributed by atoms with Gasteiger partial charge in [0.2, 0.25) is 11.8 Å². The van der Waals surface area contributed by atoms with Crippen molar-refractivity contribution < 1.29 is 9.59 Å². The predicted molar refractivity (Wildman–Crippen MR) is 102 cm³/mol. The van der Waals surface area contributed by atoms with Crippen LogP contribution in [-0.4, -0.2) is 16.8 Å². The Balaban J connectivity index is 1.65. The number of para-hydroxylation sites is 1. The number of imide groups is 1. The molecule has 4 nitrogen and oxygen atoms in total. The molecule has 1 aromatic heterocycles. The van der Waals surface area contributed by atoms with Crippen LogP contribution in [0.2, 0.25) is 0 Å². The third-order valence-corrected chi connectivity index (χ3v) is 5.14. The number of fused-ring (bicyclic) bond motifs is 1. The van der Waals surface area contributed by atoms with Crippen LogP contribution in [0.1, 0.15) is 18.1 Å². The monoisotopic (exact) mass is 344 g/mol. The molecular weight excluding hydrogens is 324 g/mol. The number of nitrogens with zero attached hydrogens (tertiary/aromatic N) is 2. The first-order valence-corrected chi connectivity index (χ1v) is 8.84. The Bertz CT molecular complexity index is 994. The Hall–Kier alpha value is -3.01. The van der Waals surface area contributed by atoms with Gasteiger partial charge in [-0.05, 0) is 37.1 Å². The number of hydrogen-bond acceptors (Lipinski definition) is 3. The van der Waals surface area contributed by atoms with Crippen molar-refractivity contribution in [1.29, 1.82) is 0 Å². The SMILES string of the molecule is Cc1ccc(C[C@H]2C(=O)N(c3ccc4ccccc4n3)C(=O)[C@H]2C)cc1. The van der Waals surface area contributed by atoms with Gasteiger partial charge in [0.1, 0.15) is 5.82 Å². The highest BCUT2D eigenvalue weighted by molar-refractivity contribution is 6.21. The van der Waals surface area contributed by atoms with E-state index in [0.717, 1.165) is 16.5 Å². The van der Waals surface area contributed by atoms with Crippen LogP contribution >= 0.6 is 0 Å². The highest BCUT2D eigenvalue weighted by atomic mass is 16.2. The average Bonchev–Trinajstić information content (AvgIpc) is 2.86. The second-order valence-electron chi connectivity index (χ2n) is 6.96. The van der Waals surface area contributed by atoms with Gasteiger partial charge in [-0.2, -0.15) is 0 Å². The van der Waals surface area contributed by atoms with Gasteiger partial charge < -0.3 is 0 Å². The topological polar surface area (TPSA) is 50.3 Å². The van der Waals surface area contributed by atoms with Gasteiger partial charge in [0.05, 0.1) is 11.4 Å². The van der Waals surface area contributed by atoms with Crippen molar-refractivity contribution in [2.45, 2.75) is 20.3 Å². The van der Waals surface area contributed by atoms with Gasteiger partial charge in [0, 0.05) is 11.3 Å². The molecular formula is C22H20N2O2. The summed E-state index contributed by atoms with van der Waals surface area (Å²) in [7, 11) is 0. The quantitative estimate of drug-likeness (QED) is 0.677. The van der Waals surface area contributed by atoms with Crippen LogP contribution in [0, 0.1) is 18.8 Å². The summed E-state index contributed by atoms with van der Waals surface area (Å²) in [5.74, 6) is -0.617. The van der Waals surface area contributed by atoms with E-state index in [1.165, 1.54) is 10.5 Å². The molecule has 4 rings (SSSR count). The van der Waals surface area contributed by atoms with Crippen molar-refractivity contribution in [3.63, 3.8) is 0 Å². The van der Waals surface area contributed by atoms with E-state index in [1.807, 2.05) is 68.4 Å². The zero-order valence-corrected chi connectivity index (χ0v) is 14.8. The van der Waals surface area contributed by atoms with E-state index in [1.54, 1.807) is 6.07 Å². The summed E-state index contributed by atoms with van der Waals surface area (Å²) in [6.45, 7) is 3.86. The molecule has 3 aromatic rings. The van der Waals surface area contributed by atoms with E-state index in [-0.39, 0.29) is 23.7 Å². The number of aromatic nitrogens is 1. The van der Waals surface area contributed by atoms with Gasteiger partial charge in [-0.25, -0.2) is 9.88 Å². The van der Waals surface area contributed by atoms with Crippen LogP contribution in [0.4, 0.5) is 5.82 Å². The maximum atomic E-state index is 13.0. The molecule has 2 heterocycles. The molecule has 0 radical (unpaired) electrons. The highest BCUT2D eigenvalue weighted by Crippen LogP contribution is 2.33. The van der Waals surface area contributed by atoms with Crippen LogP contribution in [0.5, 0.6) is 0 Å². The van der Waals surface area contributed by atoms with Gasteiger partial charge in [-0.3, -0.25) is 9.59 Å². The van der Waals surface area contributed by atoms with Crippen molar-refractivity contribution in [3.8, 4) is 0 Å². The van der Waals surface area contributed by atoms with E-state index in [2.05, 4.69) is 4.98 Å². The second kappa shape index (κ2) is 6.37. The van der Waals surface area contributed by atoms with Gasteiger partial charge in [0.15, 0.2) is 0 Å². The van der Waals surface area contributed by atoms with Crippen molar-refractivity contribution in [2.75, 3.05) is 4.90 Å². The first kappa shape index (κ1) is 16.5. The lowest BCUT2D eigenvalue weighted by Crippen LogP contribution is -2.31. The van der Waals surface area contributed by atoms with Crippen LogP contribution in [-0.2, 0) is 16.0 Å². The summed E-state index contributed by atoms with van der Waals surface area (Å²) in [6.07, 6.45) is 0.566. The normalized spacial score (nSPS) is 20.2. The maximum Gasteiger partial charge on any atom is 0.239 e. The summed E-state index contributed by atoms with van der Waals surface area (Å²) >= 11 is 0. The number of aryl methyl sites for hydroxylation is 1. The van der Waals surface area contributed by atoms with Crippen molar-refractivity contribution in [2.24, 2.45) is 11.8 Å². The van der Waals surface area contributed by atoms with E-state index in [0.29, 0.717) is 12.2 Å². The minimum absolute atomic E-state index is 0.161. The average molecular weight is 344 g/mol. The highest BCUT2D eigenvalue weighted by Gasteiger charge is 2.46. The Morgan fingerprint density at radius 2 is 1.65 bits per heavy atom. The lowest BCUT2D eigenvalue weighted by Gasteiger charge is -2.14. The fourth-order valence-corrected chi connectivity index (χ4v) is 3.51. The molecule has 130 valence electrons. The number of benzene rings is 2. The van der Waals surface area contributed by atoms with Crippen molar-refractivity contribution in [1.82, 2.24) is 4.98 Å². The number of pyridine rings is 1. The summed E-state index contributed by atoms with van der Waals surface area (Å²) in [4.78, 5) is 31.6. The molecule has 26 heavy (non-hydrogen) atoms. The van der Waals surface area contributed by atoms with Crippen LogP contribution in [0.3, 0.4) is 0 Å². The third-order valence-electron chi connectivity index (χ3n) is 5.14. The lowest BCUT2D eigenvalue weighted by atomic mass is 9.90. The van der Waals surface area contributed by atoms with Gasteiger partial charge in [-0.1, -0.05) is 55.0 Å². The minimum Gasteiger partial charge on any atom is -0.274 e. The van der Waals surface area contributed by atoms with Crippen LogP contribution in [0.15, 0.2) is 60.7 Å². The molecule has 1 aliphatic heterocycles. The fraction of sp³-hybridized carbons (Fsp3) is 0.227. The summed E-state index contributed by atoms with van der Waals surface area (Å²) in [5, 5.41) is 0.986. The van der Waals surface area contributed by atoms with E-state index >= 15 is 0 Å². The lowest BCUT2D eigenvalue weighted by molar-refractivity contribution is -0.122. The molecule has 0 N–H and O–H groups in total. The van der Waals surface area contributed by atoms with E-state index < -0.39 is 0 Å². The molecule has 1 saturated heterocycles. The van der Waals surface area contributed by atoms with Crippen molar-refractivity contribution >= 4 is 28.5 Å². The number of amides is 2. The number of carbonyl (C=O) groups is 2. The van der Waals surface area contributed by atoms with E-state index in [4.69, 9.17) is 0 Å². The fourth-order valence-electron chi connectivity index (χ4n) is 3.51. The van der Waals surface area contributed by atoms with E-state index in [9.17, 15) is 9.59 Å². The Morgan fingerprint density at radius 3 is 2.42 bits per heavy atom. The van der Waals surface area contributed by atoms with Gasteiger partial charge in [0.25, 0.3) is 0 Å². The Kier molecular flexibility index (Phi) is 4.03. The van der Waals surface area contributed by atoms with Gasteiger partial charge >= 0.3 is 0 Å².